The van der Waals surface area contributed by atoms with E-state index in [2.05, 4.69) is 5.32 Å². The van der Waals surface area contributed by atoms with Crippen LogP contribution < -0.4 is 5.32 Å². The Morgan fingerprint density at radius 1 is 1.48 bits per heavy atom. The number of amides is 1. The second kappa shape index (κ2) is 6.83. The highest BCUT2D eigenvalue weighted by molar-refractivity contribution is 5.73. The van der Waals surface area contributed by atoms with Gasteiger partial charge in [0.2, 0.25) is 0 Å². The van der Waals surface area contributed by atoms with Crippen molar-refractivity contribution in [3.63, 3.8) is 0 Å². The number of hydrogen-bond donors (Lipinski definition) is 1. The summed E-state index contributed by atoms with van der Waals surface area (Å²) in [5.41, 5.74) is -0.143. The normalized spacial score (nSPS) is 12.3. The van der Waals surface area contributed by atoms with Crippen LogP contribution in [0.25, 0.3) is 0 Å². The van der Waals surface area contributed by atoms with E-state index in [1.54, 1.807) is 26.8 Å². The molecule has 1 unspecified atom stereocenters. The summed E-state index contributed by atoms with van der Waals surface area (Å²) in [5.74, 6) is 0. The number of nitro groups is 1. The van der Waals surface area contributed by atoms with Crippen molar-refractivity contribution >= 4 is 18.1 Å². The molecule has 0 radical (unpaired) electrons. The van der Waals surface area contributed by atoms with Crippen molar-refractivity contribution in [3.05, 3.63) is 39.9 Å². The molecule has 1 atom stereocenters. The summed E-state index contributed by atoms with van der Waals surface area (Å²) in [4.78, 5) is 32.8. The molecule has 1 rings (SSSR count). The van der Waals surface area contributed by atoms with Gasteiger partial charge in [-0.15, -0.1) is 0 Å². The molecule has 0 aliphatic rings. The van der Waals surface area contributed by atoms with Crippen molar-refractivity contribution in [1.82, 2.24) is 5.32 Å². The van der Waals surface area contributed by atoms with Gasteiger partial charge in [-0.05, 0) is 32.8 Å². The predicted octanol–water partition coefficient (Wildman–Crippen LogP) is 2.23. The summed E-state index contributed by atoms with van der Waals surface area (Å²) in [6, 6.07) is 5.11. The van der Waals surface area contributed by atoms with E-state index in [4.69, 9.17) is 4.74 Å². The molecular formula is C14H18N2O5. The zero-order valence-electron chi connectivity index (χ0n) is 12.2. The van der Waals surface area contributed by atoms with Crippen LogP contribution in [0.2, 0.25) is 0 Å². The fourth-order valence-corrected chi connectivity index (χ4v) is 1.64. The fourth-order valence-electron chi connectivity index (χ4n) is 1.64. The summed E-state index contributed by atoms with van der Waals surface area (Å²) < 4.78 is 5.05. The van der Waals surface area contributed by atoms with Crippen LogP contribution in [0.4, 0.5) is 10.5 Å². The van der Waals surface area contributed by atoms with Crippen molar-refractivity contribution in [2.45, 2.75) is 38.8 Å². The zero-order valence-corrected chi connectivity index (χ0v) is 12.2. The second-order valence-electron chi connectivity index (χ2n) is 5.52. The lowest BCUT2D eigenvalue weighted by atomic mass is 10.1. The Bertz CT molecular complexity index is 536. The van der Waals surface area contributed by atoms with E-state index in [1.807, 2.05) is 0 Å². The average Bonchev–Trinajstić information content (AvgIpc) is 2.36. The number of aldehydes is 1. The SMILES string of the molecule is CC(C)(C)OC(=O)NC(C=O)Cc1cccc([N+](=O)[O-])c1. The van der Waals surface area contributed by atoms with Crippen LogP contribution in [0.1, 0.15) is 26.3 Å². The highest BCUT2D eigenvalue weighted by atomic mass is 16.6. The number of non-ortho nitro benzene ring substituents is 1. The van der Waals surface area contributed by atoms with Crippen LogP contribution in [0, 0.1) is 10.1 Å². The Labute approximate surface area is 122 Å². The molecule has 21 heavy (non-hydrogen) atoms. The number of carbonyl (C=O) groups excluding carboxylic acids is 2. The van der Waals surface area contributed by atoms with Crippen molar-refractivity contribution in [1.29, 1.82) is 0 Å². The summed E-state index contributed by atoms with van der Waals surface area (Å²) in [7, 11) is 0. The van der Waals surface area contributed by atoms with Gasteiger partial charge in [-0.25, -0.2) is 4.79 Å². The third-order valence-corrected chi connectivity index (χ3v) is 2.44. The molecular weight excluding hydrogens is 276 g/mol. The van der Waals surface area contributed by atoms with Crippen molar-refractivity contribution in [3.8, 4) is 0 Å². The smallest absolute Gasteiger partial charge is 0.408 e. The summed E-state index contributed by atoms with van der Waals surface area (Å²) in [6.45, 7) is 5.13. The van der Waals surface area contributed by atoms with Crippen LogP contribution in [0.3, 0.4) is 0 Å². The van der Waals surface area contributed by atoms with E-state index in [1.165, 1.54) is 18.2 Å². The summed E-state index contributed by atoms with van der Waals surface area (Å²) in [6.07, 6.45) is 0.0257. The molecule has 1 aromatic carbocycles. The lowest BCUT2D eigenvalue weighted by Gasteiger charge is -2.21. The number of nitrogens with zero attached hydrogens (tertiary/aromatic N) is 1. The van der Waals surface area contributed by atoms with Gasteiger partial charge in [0.1, 0.15) is 11.9 Å². The number of hydrogen-bond acceptors (Lipinski definition) is 5. The van der Waals surface area contributed by atoms with Crippen molar-refractivity contribution in [2.24, 2.45) is 0 Å². The minimum atomic E-state index is -0.804. The van der Waals surface area contributed by atoms with E-state index in [0.29, 0.717) is 11.8 Å². The Morgan fingerprint density at radius 3 is 2.67 bits per heavy atom. The van der Waals surface area contributed by atoms with E-state index in [9.17, 15) is 19.7 Å². The Morgan fingerprint density at radius 2 is 2.14 bits per heavy atom. The van der Waals surface area contributed by atoms with Gasteiger partial charge in [-0.1, -0.05) is 12.1 Å². The molecule has 0 aromatic heterocycles. The zero-order chi connectivity index (χ0) is 16.0. The first-order chi connectivity index (χ1) is 9.71. The molecule has 0 saturated carbocycles. The largest absolute Gasteiger partial charge is 0.444 e. The van der Waals surface area contributed by atoms with Crippen molar-refractivity contribution in [2.75, 3.05) is 0 Å². The number of alkyl carbamates (subject to hydrolysis) is 1. The number of benzene rings is 1. The lowest BCUT2D eigenvalue weighted by Crippen LogP contribution is -2.41. The van der Waals surface area contributed by atoms with Crippen LogP contribution in [0.5, 0.6) is 0 Å². The van der Waals surface area contributed by atoms with Gasteiger partial charge in [-0.2, -0.15) is 0 Å². The Hall–Kier alpha value is -2.44. The molecule has 0 saturated heterocycles. The van der Waals surface area contributed by atoms with Gasteiger partial charge < -0.3 is 14.8 Å². The first kappa shape index (κ1) is 16.6. The van der Waals surface area contributed by atoms with Crippen molar-refractivity contribution < 1.29 is 19.2 Å². The Balaban J connectivity index is 2.70. The number of rotatable bonds is 5. The standard InChI is InChI=1S/C14H18N2O5/c1-14(2,3)21-13(18)15-11(9-17)7-10-5-4-6-12(8-10)16(19)20/h4-6,8-9,11H,7H2,1-3H3,(H,15,18). The maximum atomic E-state index is 11.6. The number of nitrogens with one attached hydrogen (secondary N) is 1. The third-order valence-electron chi connectivity index (χ3n) is 2.44. The molecule has 0 aliphatic heterocycles. The lowest BCUT2D eigenvalue weighted by molar-refractivity contribution is -0.384. The first-order valence-corrected chi connectivity index (χ1v) is 6.39. The maximum absolute atomic E-state index is 11.6. The summed E-state index contributed by atoms with van der Waals surface area (Å²) in [5, 5.41) is 13.1. The molecule has 1 N–H and O–H groups in total. The second-order valence-corrected chi connectivity index (χ2v) is 5.52. The van der Waals surface area contributed by atoms with E-state index < -0.39 is 22.7 Å². The van der Waals surface area contributed by atoms with Gasteiger partial charge in [-0.3, -0.25) is 10.1 Å². The molecule has 0 spiro atoms. The molecule has 114 valence electrons. The molecule has 1 amide bonds. The first-order valence-electron chi connectivity index (χ1n) is 6.39. The van der Waals surface area contributed by atoms with E-state index in [-0.39, 0.29) is 12.1 Å². The molecule has 0 aliphatic carbocycles. The van der Waals surface area contributed by atoms with Crippen LogP contribution >= 0.6 is 0 Å². The van der Waals surface area contributed by atoms with Crippen LogP contribution in [-0.2, 0) is 16.0 Å². The monoisotopic (exact) mass is 294 g/mol. The highest BCUT2D eigenvalue weighted by Gasteiger charge is 2.19. The van der Waals surface area contributed by atoms with E-state index >= 15 is 0 Å². The van der Waals surface area contributed by atoms with Gasteiger partial charge in [0.05, 0.1) is 11.0 Å². The number of carbonyl (C=O) groups is 2. The van der Waals surface area contributed by atoms with Gasteiger partial charge in [0.25, 0.3) is 5.69 Å². The molecule has 0 bridgehead atoms. The quantitative estimate of drug-likeness (QED) is 0.510. The minimum absolute atomic E-state index is 0.0607. The minimum Gasteiger partial charge on any atom is -0.444 e. The number of ether oxygens (including phenoxy) is 1. The fraction of sp³-hybridized carbons (Fsp3) is 0.429. The molecule has 0 heterocycles. The molecule has 1 aromatic rings. The summed E-state index contributed by atoms with van der Waals surface area (Å²) >= 11 is 0. The maximum Gasteiger partial charge on any atom is 0.408 e. The van der Waals surface area contributed by atoms with Gasteiger partial charge >= 0.3 is 6.09 Å². The third kappa shape index (κ3) is 6.03. The van der Waals surface area contributed by atoms with Crippen LogP contribution in [0.15, 0.2) is 24.3 Å². The predicted molar refractivity (Wildman–Crippen MR) is 76.0 cm³/mol. The van der Waals surface area contributed by atoms with Crippen LogP contribution in [-0.4, -0.2) is 28.9 Å². The molecule has 7 nitrogen and oxygen atoms in total. The molecule has 0 fully saturated rings. The highest BCUT2D eigenvalue weighted by Crippen LogP contribution is 2.14. The number of nitro benzene ring substituents is 1. The topological polar surface area (TPSA) is 98.5 Å². The van der Waals surface area contributed by atoms with Gasteiger partial charge in [0, 0.05) is 12.1 Å². The van der Waals surface area contributed by atoms with E-state index in [0.717, 1.165) is 0 Å². The average molecular weight is 294 g/mol. The van der Waals surface area contributed by atoms with Gasteiger partial charge in [0.15, 0.2) is 0 Å². The molecule has 7 heteroatoms. The Kier molecular flexibility index (Phi) is 5.40.